The summed E-state index contributed by atoms with van der Waals surface area (Å²) in [6.07, 6.45) is 1.71. The maximum absolute atomic E-state index is 12.1. The summed E-state index contributed by atoms with van der Waals surface area (Å²) in [4.78, 5) is 12.1. The van der Waals surface area contributed by atoms with E-state index in [9.17, 15) is 9.90 Å². The van der Waals surface area contributed by atoms with Gasteiger partial charge in [-0.15, -0.1) is 0 Å². The summed E-state index contributed by atoms with van der Waals surface area (Å²) < 4.78 is 24.3. The van der Waals surface area contributed by atoms with Gasteiger partial charge < -0.3 is 24.1 Å². The number of carbonyl (C=O) groups excluding carboxylic acids is 1. The van der Waals surface area contributed by atoms with Gasteiger partial charge in [0.25, 0.3) is 0 Å². The van der Waals surface area contributed by atoms with Gasteiger partial charge in [0.1, 0.15) is 36.1 Å². The second-order valence-electron chi connectivity index (χ2n) is 9.91. The molecule has 2 spiro atoms. The molecule has 5 fully saturated rings. The van der Waals surface area contributed by atoms with Crippen molar-refractivity contribution in [2.24, 2.45) is 17.3 Å². The van der Waals surface area contributed by atoms with Crippen LogP contribution in [0.1, 0.15) is 40.0 Å². The Balaban J connectivity index is 1.39. The van der Waals surface area contributed by atoms with Crippen molar-refractivity contribution in [1.29, 1.82) is 0 Å². The smallest absolute Gasteiger partial charge is 0.334 e. The van der Waals surface area contributed by atoms with Gasteiger partial charge in [0.2, 0.25) is 0 Å². The molecule has 4 heterocycles. The van der Waals surface area contributed by atoms with Crippen LogP contribution >= 0.6 is 0 Å². The molecule has 2 saturated carbocycles. The second kappa shape index (κ2) is 3.79. The van der Waals surface area contributed by atoms with Gasteiger partial charge in [-0.3, -0.25) is 0 Å². The molecule has 3 saturated heterocycles. The van der Waals surface area contributed by atoms with Crippen LogP contribution in [0.5, 0.6) is 0 Å². The highest BCUT2D eigenvalue weighted by Crippen LogP contribution is 2.82. The zero-order valence-corrected chi connectivity index (χ0v) is 15.3. The Morgan fingerprint density at radius 1 is 1.19 bits per heavy atom. The van der Waals surface area contributed by atoms with Crippen molar-refractivity contribution < 1.29 is 28.8 Å². The minimum atomic E-state index is -0.654. The van der Waals surface area contributed by atoms with Gasteiger partial charge >= 0.3 is 5.97 Å². The third kappa shape index (κ3) is 1.14. The van der Waals surface area contributed by atoms with Crippen LogP contribution in [0.15, 0.2) is 11.1 Å². The maximum Gasteiger partial charge on any atom is 0.334 e. The highest BCUT2D eigenvalue weighted by Gasteiger charge is 3.00. The first-order chi connectivity index (χ1) is 12.3. The van der Waals surface area contributed by atoms with Crippen molar-refractivity contribution in [2.45, 2.75) is 81.3 Å². The van der Waals surface area contributed by atoms with Crippen LogP contribution in [0.25, 0.3) is 0 Å². The molecule has 9 atom stereocenters. The Kier molecular flexibility index (Phi) is 2.19. The van der Waals surface area contributed by atoms with Crippen LogP contribution in [0.4, 0.5) is 0 Å². The molecule has 26 heavy (non-hydrogen) atoms. The van der Waals surface area contributed by atoms with Crippen molar-refractivity contribution >= 4 is 5.97 Å². The number of aliphatic hydroxyl groups excluding tert-OH is 1. The summed E-state index contributed by atoms with van der Waals surface area (Å²) in [5.41, 5.74) is 0.230. The highest BCUT2D eigenvalue weighted by molar-refractivity contribution is 5.92. The lowest BCUT2D eigenvalue weighted by atomic mass is 9.46. The Morgan fingerprint density at radius 2 is 2.00 bits per heavy atom. The molecule has 1 N–H and O–H groups in total. The molecule has 0 aromatic heterocycles. The second-order valence-corrected chi connectivity index (χ2v) is 9.91. The number of carbonyl (C=O) groups is 1. The van der Waals surface area contributed by atoms with Crippen LogP contribution in [0.3, 0.4) is 0 Å². The Morgan fingerprint density at radius 3 is 2.77 bits per heavy atom. The number of rotatable bonds is 1. The summed E-state index contributed by atoms with van der Waals surface area (Å²) >= 11 is 0. The molecular formula is C20H24O6. The fraction of sp³-hybridized carbons (Fsp3) is 0.850. The number of fused-ring (bicyclic) bond motifs is 4. The Hall–Kier alpha value is -0.950. The number of cyclic esters (lactones) is 1. The SMILES string of the molecule is CC(C)[C@@]12O[C@@H]1[C@@H]1O[C@]13[C@]1(O[C@@H]1C[C@@H]1C4=C(CC[C@@]13C)C(=O)OC4)[C@@H]2O. The number of epoxide rings is 3. The largest absolute Gasteiger partial charge is 0.458 e. The van der Waals surface area contributed by atoms with Crippen molar-refractivity contribution in [3.63, 3.8) is 0 Å². The van der Waals surface area contributed by atoms with Gasteiger partial charge in [-0.2, -0.15) is 0 Å². The molecule has 7 rings (SSSR count). The maximum atomic E-state index is 12.1. The first-order valence-corrected chi connectivity index (χ1v) is 9.95. The summed E-state index contributed by atoms with van der Waals surface area (Å²) in [5, 5.41) is 11.4. The van der Waals surface area contributed by atoms with E-state index in [1.807, 2.05) is 0 Å². The molecule has 0 bridgehead atoms. The molecule has 0 amide bonds. The first-order valence-electron chi connectivity index (χ1n) is 9.95. The molecule has 4 aliphatic heterocycles. The van der Waals surface area contributed by atoms with Gasteiger partial charge in [-0.05, 0) is 36.7 Å². The lowest BCUT2D eigenvalue weighted by Crippen LogP contribution is -2.69. The van der Waals surface area contributed by atoms with E-state index >= 15 is 0 Å². The fourth-order valence-electron chi connectivity index (χ4n) is 7.70. The normalized spacial score (nSPS) is 63.1. The summed E-state index contributed by atoms with van der Waals surface area (Å²) in [6.45, 7) is 6.91. The summed E-state index contributed by atoms with van der Waals surface area (Å²) in [5.74, 6) is 0.297. The average Bonchev–Trinajstić information content (AvgIpc) is 3.47. The first kappa shape index (κ1) is 15.0. The van der Waals surface area contributed by atoms with Gasteiger partial charge in [0.15, 0.2) is 5.60 Å². The molecule has 3 aliphatic carbocycles. The van der Waals surface area contributed by atoms with Crippen LogP contribution in [0.2, 0.25) is 0 Å². The predicted molar refractivity (Wildman–Crippen MR) is 87.1 cm³/mol. The standard InChI is InChI=1S/C20H24O6/c1-8(2)18-13(25-18)14-20(26-14)17(3)5-4-9-10(7-23-15(9)21)11(17)6-12-19(20,24-12)16(18)22/h8,11-14,16,22H,4-7H2,1-3H3/t11-,12-,13-,14+,16-,17+,18-,19-,20-/m1/s1. The molecule has 0 aromatic rings. The predicted octanol–water partition coefficient (Wildman–Crippen LogP) is 1.10. The van der Waals surface area contributed by atoms with Crippen LogP contribution < -0.4 is 0 Å². The van der Waals surface area contributed by atoms with Gasteiger partial charge in [-0.1, -0.05) is 20.8 Å². The molecule has 0 radical (unpaired) electrons. The molecule has 6 nitrogen and oxygen atoms in total. The van der Waals surface area contributed by atoms with Gasteiger partial charge in [0, 0.05) is 11.0 Å². The van der Waals surface area contributed by atoms with E-state index < -0.39 is 22.9 Å². The molecular weight excluding hydrogens is 336 g/mol. The zero-order chi connectivity index (χ0) is 17.9. The van der Waals surface area contributed by atoms with Crippen molar-refractivity contribution in [2.75, 3.05) is 6.61 Å². The zero-order valence-electron chi connectivity index (χ0n) is 15.3. The lowest BCUT2D eigenvalue weighted by molar-refractivity contribution is -0.136. The number of esters is 1. The van der Waals surface area contributed by atoms with E-state index in [2.05, 4.69) is 20.8 Å². The van der Waals surface area contributed by atoms with E-state index in [4.69, 9.17) is 18.9 Å². The number of ether oxygens (including phenoxy) is 4. The van der Waals surface area contributed by atoms with Crippen molar-refractivity contribution in [3.8, 4) is 0 Å². The van der Waals surface area contributed by atoms with Gasteiger partial charge in [0.05, 0.1) is 6.10 Å². The minimum absolute atomic E-state index is 0.00808. The molecule has 140 valence electrons. The van der Waals surface area contributed by atoms with Crippen molar-refractivity contribution in [1.82, 2.24) is 0 Å². The minimum Gasteiger partial charge on any atom is -0.458 e. The number of aliphatic hydroxyl groups is 1. The molecule has 0 unspecified atom stereocenters. The summed E-state index contributed by atoms with van der Waals surface area (Å²) in [7, 11) is 0. The third-order valence-corrected chi connectivity index (χ3v) is 9.10. The highest BCUT2D eigenvalue weighted by atomic mass is 16.7. The van der Waals surface area contributed by atoms with Crippen LogP contribution in [-0.4, -0.2) is 58.9 Å². The topological polar surface area (TPSA) is 84.1 Å². The van der Waals surface area contributed by atoms with E-state index in [0.717, 1.165) is 30.4 Å². The molecule has 7 aliphatic rings. The van der Waals surface area contributed by atoms with E-state index in [0.29, 0.717) is 6.61 Å². The molecule has 6 heteroatoms. The number of hydrogen-bond donors (Lipinski definition) is 1. The monoisotopic (exact) mass is 360 g/mol. The van der Waals surface area contributed by atoms with Crippen LogP contribution in [-0.2, 0) is 23.7 Å². The quantitative estimate of drug-likeness (QED) is 0.557. The average molecular weight is 360 g/mol. The van der Waals surface area contributed by atoms with E-state index in [1.165, 1.54) is 0 Å². The fourth-order valence-corrected chi connectivity index (χ4v) is 7.70. The molecule has 0 aromatic carbocycles. The van der Waals surface area contributed by atoms with Crippen molar-refractivity contribution in [3.05, 3.63) is 11.1 Å². The van der Waals surface area contributed by atoms with Crippen LogP contribution in [0, 0.1) is 17.3 Å². The van der Waals surface area contributed by atoms with E-state index in [-0.39, 0.29) is 41.5 Å². The van der Waals surface area contributed by atoms with E-state index in [1.54, 1.807) is 0 Å². The summed E-state index contributed by atoms with van der Waals surface area (Å²) in [6, 6.07) is 0. The Bertz CT molecular complexity index is 819. The lowest BCUT2D eigenvalue weighted by Gasteiger charge is -2.53. The Labute approximate surface area is 151 Å². The third-order valence-electron chi connectivity index (χ3n) is 9.10. The van der Waals surface area contributed by atoms with Gasteiger partial charge in [-0.25, -0.2) is 4.79 Å². The number of hydrogen-bond acceptors (Lipinski definition) is 6.